The molecule has 0 saturated carbocycles. The van der Waals surface area contributed by atoms with Crippen molar-refractivity contribution < 1.29 is 9.59 Å². The number of hydrogen-bond donors (Lipinski definition) is 0. The van der Waals surface area contributed by atoms with E-state index in [1.807, 2.05) is 5.01 Å². The number of nitrogens with zero attached hydrogens (tertiary/aromatic N) is 2. The molecule has 1 aromatic carbocycles. The zero-order chi connectivity index (χ0) is 13.0. The fourth-order valence-corrected chi connectivity index (χ4v) is 3.35. The third kappa shape index (κ3) is 1.37. The molecule has 1 aromatic rings. The predicted octanol–water partition coefficient (Wildman–Crippen LogP) is 1.99. The molecule has 0 spiro atoms. The van der Waals surface area contributed by atoms with Crippen LogP contribution in [0.25, 0.3) is 0 Å². The number of hydrazine groups is 1. The van der Waals surface area contributed by atoms with Crippen LogP contribution in [0.2, 0.25) is 0 Å². The zero-order valence-electron chi connectivity index (χ0n) is 10.5. The lowest BCUT2D eigenvalue weighted by Crippen LogP contribution is -2.54. The van der Waals surface area contributed by atoms with E-state index in [2.05, 4.69) is 12.2 Å². The number of piperidine rings is 1. The lowest BCUT2D eigenvalue weighted by Gasteiger charge is -2.39. The van der Waals surface area contributed by atoms with Gasteiger partial charge in [0.2, 0.25) is 0 Å². The summed E-state index contributed by atoms with van der Waals surface area (Å²) in [5.41, 5.74) is 1.05. The second-order valence-electron chi connectivity index (χ2n) is 5.30. The van der Waals surface area contributed by atoms with Crippen LogP contribution in [0.15, 0.2) is 36.4 Å². The van der Waals surface area contributed by atoms with Gasteiger partial charge in [-0.3, -0.25) is 9.59 Å². The molecule has 2 unspecified atom stereocenters. The molecule has 0 aromatic heterocycles. The summed E-state index contributed by atoms with van der Waals surface area (Å²) in [7, 11) is 0. The highest BCUT2D eigenvalue weighted by Crippen LogP contribution is 2.35. The minimum absolute atomic E-state index is 0.179. The summed E-state index contributed by atoms with van der Waals surface area (Å²) < 4.78 is 0. The van der Waals surface area contributed by atoms with Crippen molar-refractivity contribution in [3.8, 4) is 0 Å². The Bertz CT molecular complexity index is 559. The van der Waals surface area contributed by atoms with Gasteiger partial charge in [0, 0.05) is 12.1 Å². The Labute approximate surface area is 111 Å². The second-order valence-corrected chi connectivity index (χ2v) is 5.30. The maximum atomic E-state index is 12.5. The van der Waals surface area contributed by atoms with E-state index in [-0.39, 0.29) is 23.9 Å². The molecule has 2 amide bonds. The first kappa shape index (κ1) is 10.9. The van der Waals surface area contributed by atoms with Gasteiger partial charge in [-0.1, -0.05) is 24.3 Å². The van der Waals surface area contributed by atoms with Crippen LogP contribution >= 0.6 is 0 Å². The SMILES string of the molecule is O=C1c2ccccc2C(=O)N1N1C2C=CC1CCC2. The lowest BCUT2D eigenvalue weighted by atomic mass is 10.0. The van der Waals surface area contributed by atoms with Crippen molar-refractivity contribution in [2.75, 3.05) is 0 Å². The van der Waals surface area contributed by atoms with Crippen LogP contribution in [0.4, 0.5) is 0 Å². The fourth-order valence-electron chi connectivity index (χ4n) is 3.35. The van der Waals surface area contributed by atoms with Gasteiger partial charge < -0.3 is 0 Å². The van der Waals surface area contributed by atoms with Gasteiger partial charge in [-0.25, -0.2) is 5.01 Å². The molecule has 19 heavy (non-hydrogen) atoms. The highest BCUT2D eigenvalue weighted by molar-refractivity contribution is 6.21. The first-order chi connectivity index (χ1) is 9.27. The molecular weight excluding hydrogens is 240 g/mol. The number of imide groups is 1. The molecule has 4 heteroatoms. The minimum Gasteiger partial charge on any atom is -0.267 e. The maximum Gasteiger partial charge on any atom is 0.276 e. The van der Waals surface area contributed by atoms with Crippen LogP contribution in [0.1, 0.15) is 40.0 Å². The molecule has 4 nitrogen and oxygen atoms in total. The van der Waals surface area contributed by atoms with Crippen molar-refractivity contribution in [2.45, 2.75) is 31.3 Å². The number of rotatable bonds is 1. The average Bonchev–Trinajstić information content (AvgIpc) is 2.82. The van der Waals surface area contributed by atoms with Crippen LogP contribution in [-0.2, 0) is 0 Å². The standard InChI is InChI=1S/C15H14N2O2/c18-14-12-6-1-2-7-13(12)15(19)17(14)16-10-4-3-5-11(16)9-8-10/h1-2,6-11H,3-5H2. The van der Waals surface area contributed by atoms with Gasteiger partial charge in [0.05, 0.1) is 11.1 Å². The molecule has 0 aliphatic carbocycles. The van der Waals surface area contributed by atoms with Crippen LogP contribution in [0.5, 0.6) is 0 Å². The number of carbonyl (C=O) groups excluding carboxylic acids is 2. The number of carbonyl (C=O) groups is 2. The summed E-state index contributed by atoms with van der Waals surface area (Å²) in [4.78, 5) is 24.9. The highest BCUT2D eigenvalue weighted by atomic mass is 16.2. The Morgan fingerprint density at radius 2 is 1.42 bits per heavy atom. The Balaban J connectivity index is 1.75. The van der Waals surface area contributed by atoms with Crippen molar-refractivity contribution in [1.29, 1.82) is 0 Å². The third-order valence-corrected chi connectivity index (χ3v) is 4.24. The van der Waals surface area contributed by atoms with Gasteiger partial charge in [0.25, 0.3) is 11.8 Å². The molecule has 2 atom stereocenters. The summed E-state index contributed by atoms with van der Waals surface area (Å²) in [6.07, 6.45) is 7.44. The van der Waals surface area contributed by atoms with Gasteiger partial charge in [0.1, 0.15) is 0 Å². The minimum atomic E-state index is -0.179. The Kier molecular flexibility index (Phi) is 2.17. The van der Waals surface area contributed by atoms with Crippen molar-refractivity contribution in [3.63, 3.8) is 0 Å². The van der Waals surface area contributed by atoms with E-state index in [9.17, 15) is 9.59 Å². The second kappa shape index (κ2) is 3.78. The van der Waals surface area contributed by atoms with Gasteiger partial charge in [-0.2, -0.15) is 5.01 Å². The van der Waals surface area contributed by atoms with E-state index in [4.69, 9.17) is 0 Å². The number of hydrogen-bond acceptors (Lipinski definition) is 3. The average molecular weight is 254 g/mol. The Hall–Kier alpha value is -1.94. The maximum absolute atomic E-state index is 12.5. The molecule has 1 fully saturated rings. The molecular formula is C15H14N2O2. The number of fused-ring (bicyclic) bond motifs is 3. The van der Waals surface area contributed by atoms with Crippen LogP contribution < -0.4 is 0 Å². The molecule has 3 aliphatic rings. The molecule has 0 radical (unpaired) electrons. The normalized spacial score (nSPS) is 29.2. The smallest absolute Gasteiger partial charge is 0.267 e. The largest absolute Gasteiger partial charge is 0.276 e. The lowest BCUT2D eigenvalue weighted by molar-refractivity contribution is -0.0336. The summed E-state index contributed by atoms with van der Waals surface area (Å²) >= 11 is 0. The first-order valence-corrected chi connectivity index (χ1v) is 6.72. The molecule has 96 valence electrons. The molecule has 1 saturated heterocycles. The van der Waals surface area contributed by atoms with Gasteiger partial charge in [-0.05, 0) is 31.4 Å². The summed E-state index contributed by atoms with van der Waals surface area (Å²) in [5, 5.41) is 3.33. The van der Waals surface area contributed by atoms with E-state index in [0.29, 0.717) is 11.1 Å². The van der Waals surface area contributed by atoms with Crippen molar-refractivity contribution in [1.82, 2.24) is 10.0 Å². The van der Waals surface area contributed by atoms with Crippen LogP contribution in [-0.4, -0.2) is 33.9 Å². The summed E-state index contributed by atoms with van der Waals surface area (Å²) in [5.74, 6) is -0.359. The van der Waals surface area contributed by atoms with E-state index in [0.717, 1.165) is 19.3 Å². The van der Waals surface area contributed by atoms with E-state index in [1.54, 1.807) is 24.3 Å². The van der Waals surface area contributed by atoms with Crippen molar-refractivity contribution in [2.24, 2.45) is 0 Å². The van der Waals surface area contributed by atoms with Crippen LogP contribution in [0.3, 0.4) is 0 Å². The third-order valence-electron chi connectivity index (χ3n) is 4.24. The van der Waals surface area contributed by atoms with Crippen molar-refractivity contribution in [3.05, 3.63) is 47.5 Å². The fraction of sp³-hybridized carbons (Fsp3) is 0.333. The highest BCUT2D eigenvalue weighted by Gasteiger charge is 2.46. The Morgan fingerprint density at radius 3 is 1.95 bits per heavy atom. The number of benzene rings is 1. The Morgan fingerprint density at radius 1 is 0.895 bits per heavy atom. The summed E-state index contributed by atoms with van der Waals surface area (Å²) in [6, 6.07) is 7.46. The van der Waals surface area contributed by atoms with Crippen LogP contribution in [0, 0.1) is 0 Å². The van der Waals surface area contributed by atoms with E-state index < -0.39 is 0 Å². The van der Waals surface area contributed by atoms with Crippen molar-refractivity contribution >= 4 is 11.8 Å². The molecule has 3 heterocycles. The molecule has 0 N–H and O–H groups in total. The van der Waals surface area contributed by atoms with Gasteiger partial charge in [-0.15, -0.1) is 0 Å². The zero-order valence-corrected chi connectivity index (χ0v) is 10.5. The predicted molar refractivity (Wildman–Crippen MR) is 69.3 cm³/mol. The summed E-state index contributed by atoms with van der Waals surface area (Å²) in [6.45, 7) is 0. The topological polar surface area (TPSA) is 40.6 Å². The quantitative estimate of drug-likeness (QED) is 0.568. The van der Waals surface area contributed by atoms with E-state index >= 15 is 0 Å². The molecule has 2 bridgehead atoms. The van der Waals surface area contributed by atoms with Gasteiger partial charge >= 0.3 is 0 Å². The van der Waals surface area contributed by atoms with E-state index in [1.165, 1.54) is 5.01 Å². The molecule has 4 rings (SSSR count). The first-order valence-electron chi connectivity index (χ1n) is 6.72. The monoisotopic (exact) mass is 254 g/mol. The number of amides is 2. The molecule has 3 aliphatic heterocycles. The van der Waals surface area contributed by atoms with Gasteiger partial charge in [0.15, 0.2) is 0 Å².